The molecule has 0 atom stereocenters. The predicted octanol–water partition coefficient (Wildman–Crippen LogP) is 1.04. The number of anilines is 1. The van der Waals surface area contributed by atoms with Gasteiger partial charge in [-0.2, -0.15) is 0 Å². The van der Waals surface area contributed by atoms with Crippen molar-refractivity contribution in [1.29, 1.82) is 0 Å². The molecule has 0 radical (unpaired) electrons. The number of hydrogen-bond donors (Lipinski definition) is 1. The van der Waals surface area contributed by atoms with E-state index in [0.29, 0.717) is 23.7 Å². The van der Waals surface area contributed by atoms with Crippen molar-refractivity contribution in [1.82, 2.24) is 9.55 Å². The van der Waals surface area contributed by atoms with Crippen LogP contribution in [0.5, 0.6) is 0 Å². The highest BCUT2D eigenvalue weighted by atomic mass is 16.3. The van der Waals surface area contributed by atoms with Crippen molar-refractivity contribution in [2.45, 2.75) is 6.54 Å². The molecule has 0 unspecified atom stereocenters. The van der Waals surface area contributed by atoms with Crippen molar-refractivity contribution in [2.75, 3.05) is 5.32 Å². The molecule has 0 saturated carbocycles. The third kappa shape index (κ3) is 2.00. The second-order valence-electron chi connectivity index (χ2n) is 4.01. The first-order valence-electron chi connectivity index (χ1n) is 5.59. The fourth-order valence-corrected chi connectivity index (χ4v) is 1.91. The number of nitrogens with zero attached hydrogens (tertiary/aromatic N) is 2. The number of hydrogen-bond acceptors (Lipinski definition) is 5. The molecule has 2 aromatic rings. The Hall–Kier alpha value is -2.85. The van der Waals surface area contributed by atoms with E-state index in [1.54, 1.807) is 29.0 Å². The van der Waals surface area contributed by atoms with Gasteiger partial charge < -0.3 is 14.3 Å². The van der Waals surface area contributed by atoms with Gasteiger partial charge in [-0.15, -0.1) is 0 Å². The Morgan fingerprint density at radius 3 is 3.05 bits per heavy atom. The van der Waals surface area contributed by atoms with E-state index in [0.717, 1.165) is 0 Å². The van der Waals surface area contributed by atoms with Crippen LogP contribution in [0.25, 0.3) is 6.08 Å². The van der Waals surface area contributed by atoms with Crippen LogP contribution in [-0.4, -0.2) is 15.5 Å². The lowest BCUT2D eigenvalue weighted by Gasteiger charge is -2.18. The monoisotopic (exact) mass is 255 g/mol. The van der Waals surface area contributed by atoms with E-state index in [1.807, 2.05) is 0 Å². The van der Waals surface area contributed by atoms with E-state index in [1.165, 1.54) is 18.5 Å². The molecule has 6 nitrogen and oxygen atoms in total. The highest BCUT2D eigenvalue weighted by Gasteiger charge is 2.15. The molecular formula is C13H9N3O3. The van der Waals surface area contributed by atoms with Gasteiger partial charge >= 0.3 is 0 Å². The van der Waals surface area contributed by atoms with Crippen LogP contribution in [0.15, 0.2) is 45.8 Å². The molecule has 19 heavy (non-hydrogen) atoms. The number of allylic oxidation sites excluding steroid dienone is 1. The Morgan fingerprint density at radius 2 is 2.32 bits per heavy atom. The van der Waals surface area contributed by atoms with Gasteiger partial charge in [-0.25, -0.2) is 9.78 Å². The normalized spacial score (nSPS) is 12.7. The predicted molar refractivity (Wildman–Crippen MR) is 68.2 cm³/mol. The van der Waals surface area contributed by atoms with Crippen molar-refractivity contribution in [2.24, 2.45) is 0 Å². The topological polar surface area (TPSA) is 77.1 Å². The van der Waals surface area contributed by atoms with E-state index in [4.69, 9.17) is 4.42 Å². The third-order valence-corrected chi connectivity index (χ3v) is 2.80. The highest BCUT2D eigenvalue weighted by Crippen LogP contribution is 2.21. The largest absolute Gasteiger partial charge is 0.447 e. The lowest BCUT2D eigenvalue weighted by atomic mass is 10.1. The van der Waals surface area contributed by atoms with Gasteiger partial charge in [-0.05, 0) is 12.2 Å². The minimum absolute atomic E-state index is 0.113. The van der Waals surface area contributed by atoms with Crippen LogP contribution in [0.1, 0.15) is 11.3 Å². The van der Waals surface area contributed by atoms with E-state index in [2.05, 4.69) is 10.3 Å². The van der Waals surface area contributed by atoms with Crippen molar-refractivity contribution in [3.8, 4) is 0 Å². The van der Waals surface area contributed by atoms with E-state index >= 15 is 0 Å². The van der Waals surface area contributed by atoms with Gasteiger partial charge in [-0.1, -0.05) is 0 Å². The Bertz CT molecular complexity index is 750. The fourth-order valence-electron chi connectivity index (χ4n) is 1.91. The first-order valence-corrected chi connectivity index (χ1v) is 5.59. The number of pyridine rings is 1. The number of carbonyl (C=O) groups excluding carboxylic acids is 1. The smallest absolute Gasteiger partial charge is 0.190 e. The highest BCUT2D eigenvalue weighted by molar-refractivity contribution is 5.78. The van der Waals surface area contributed by atoms with E-state index in [9.17, 15) is 9.59 Å². The molecule has 94 valence electrons. The summed E-state index contributed by atoms with van der Waals surface area (Å²) in [6, 6.07) is 1.47. The Balaban J connectivity index is 2.10. The van der Waals surface area contributed by atoms with Crippen molar-refractivity contribution in [3.63, 3.8) is 0 Å². The number of aromatic nitrogens is 2. The van der Waals surface area contributed by atoms with Crippen molar-refractivity contribution < 1.29 is 9.21 Å². The summed E-state index contributed by atoms with van der Waals surface area (Å²) in [5.41, 5.74) is 0.669. The van der Waals surface area contributed by atoms with Gasteiger partial charge in [0.2, 0.25) is 0 Å². The molecule has 1 N–H and O–H groups in total. The fraction of sp³-hybridized carbons (Fsp3) is 0.0769. The molecule has 0 amide bonds. The Labute approximate surface area is 107 Å². The van der Waals surface area contributed by atoms with Crippen LogP contribution in [0.3, 0.4) is 0 Å². The molecule has 0 spiro atoms. The molecule has 3 rings (SSSR count). The van der Waals surface area contributed by atoms with E-state index < -0.39 is 0 Å². The van der Waals surface area contributed by atoms with Gasteiger partial charge in [0, 0.05) is 12.3 Å². The van der Waals surface area contributed by atoms with Gasteiger partial charge in [0.1, 0.15) is 17.3 Å². The number of rotatable bonds is 2. The van der Waals surface area contributed by atoms with Crippen LogP contribution >= 0.6 is 0 Å². The average Bonchev–Trinajstić information content (AvgIpc) is 2.94. The Morgan fingerprint density at radius 1 is 1.42 bits per heavy atom. The second kappa shape index (κ2) is 4.44. The second-order valence-corrected chi connectivity index (χ2v) is 4.01. The summed E-state index contributed by atoms with van der Waals surface area (Å²) >= 11 is 0. The van der Waals surface area contributed by atoms with Crippen LogP contribution in [0, 0.1) is 0 Å². The lowest BCUT2D eigenvalue weighted by Crippen LogP contribution is -2.19. The maximum absolute atomic E-state index is 11.8. The van der Waals surface area contributed by atoms with E-state index in [-0.39, 0.29) is 11.1 Å². The van der Waals surface area contributed by atoms with Gasteiger partial charge in [0.25, 0.3) is 0 Å². The summed E-state index contributed by atoms with van der Waals surface area (Å²) in [6.45, 7) is 0.412. The van der Waals surface area contributed by atoms with Crippen molar-refractivity contribution in [3.05, 3.63) is 58.2 Å². The molecular weight excluding hydrogens is 246 g/mol. The van der Waals surface area contributed by atoms with Gasteiger partial charge in [0.05, 0.1) is 18.3 Å². The zero-order valence-electron chi connectivity index (χ0n) is 9.79. The number of fused-ring (bicyclic) bond motifs is 1. The Kier molecular flexibility index (Phi) is 2.63. The molecule has 2 aromatic heterocycles. The first kappa shape index (κ1) is 11.3. The summed E-state index contributed by atoms with van der Waals surface area (Å²) in [5.74, 6) is 2.97. The summed E-state index contributed by atoms with van der Waals surface area (Å²) in [5, 5.41) is 2.88. The minimum Gasteiger partial charge on any atom is -0.447 e. The third-order valence-electron chi connectivity index (χ3n) is 2.80. The SMILES string of the molecule is O=C=C1C=Cc2c(n(Cc3cnco3)ccc2=O)N1. The molecule has 0 aromatic carbocycles. The number of oxazole rings is 1. The number of nitrogens with one attached hydrogen (secondary N) is 1. The molecule has 6 heteroatoms. The molecule has 1 aliphatic rings. The minimum atomic E-state index is -0.113. The van der Waals surface area contributed by atoms with Crippen LogP contribution in [-0.2, 0) is 11.3 Å². The zero-order valence-corrected chi connectivity index (χ0v) is 9.79. The molecule has 3 heterocycles. The lowest BCUT2D eigenvalue weighted by molar-refractivity contribution is 0.489. The zero-order chi connectivity index (χ0) is 13.2. The molecule has 0 saturated heterocycles. The summed E-state index contributed by atoms with van der Waals surface area (Å²) in [4.78, 5) is 26.3. The molecule has 0 fully saturated rings. The van der Waals surface area contributed by atoms with Gasteiger partial charge in [0.15, 0.2) is 17.8 Å². The first-order chi connectivity index (χ1) is 9.28. The maximum Gasteiger partial charge on any atom is 0.190 e. The molecule has 1 aliphatic heterocycles. The summed E-state index contributed by atoms with van der Waals surface area (Å²) in [6.07, 6.45) is 7.70. The van der Waals surface area contributed by atoms with Gasteiger partial charge in [-0.3, -0.25) is 4.79 Å². The standard InChI is InChI=1S/C13H9N3O3/c17-7-9-1-2-11-12(18)3-4-16(13(11)15-9)6-10-5-14-8-19-10/h1-5,8,15H,6H2. The van der Waals surface area contributed by atoms with Crippen LogP contribution < -0.4 is 10.7 Å². The average molecular weight is 255 g/mol. The van der Waals surface area contributed by atoms with Crippen LogP contribution in [0.4, 0.5) is 5.82 Å². The van der Waals surface area contributed by atoms with Crippen molar-refractivity contribution >= 4 is 17.8 Å². The molecule has 0 aliphatic carbocycles. The quantitative estimate of drug-likeness (QED) is 0.811. The summed E-state index contributed by atoms with van der Waals surface area (Å²) in [7, 11) is 0. The maximum atomic E-state index is 11.8. The molecule has 0 bridgehead atoms. The summed E-state index contributed by atoms with van der Waals surface area (Å²) < 4.78 is 6.95. The van der Waals surface area contributed by atoms with Crippen LogP contribution in [0.2, 0.25) is 0 Å².